The molecule has 0 heterocycles. The standard InChI is InChI=1S/C17H22N2O2/c1-3-21-12-18-10-9-15(16-13(2)17(16)20)19-11-14-7-5-4-6-8-14/h1,4-8,13,15-16,18-19H,9-12H2,2H3/t13-,15+,16?/m0/s1. The van der Waals surface area contributed by atoms with Crippen molar-refractivity contribution in [3.8, 4) is 12.5 Å². The topological polar surface area (TPSA) is 50.4 Å². The van der Waals surface area contributed by atoms with Crippen LogP contribution in [0.1, 0.15) is 18.9 Å². The van der Waals surface area contributed by atoms with E-state index >= 15 is 0 Å². The Kier molecular flexibility index (Phi) is 5.79. The average Bonchev–Trinajstić information content (AvgIpc) is 3.10. The molecule has 0 amide bonds. The number of Topliss-reactive ketones (excluding diaryl/α,β-unsaturated/α-hetero) is 1. The second-order valence-electron chi connectivity index (χ2n) is 5.39. The van der Waals surface area contributed by atoms with Gasteiger partial charge in [-0.3, -0.25) is 10.1 Å². The first kappa shape index (κ1) is 15.6. The molecule has 3 atom stereocenters. The van der Waals surface area contributed by atoms with Gasteiger partial charge in [0.1, 0.15) is 11.9 Å². The zero-order valence-electron chi connectivity index (χ0n) is 12.3. The Balaban J connectivity index is 1.79. The van der Waals surface area contributed by atoms with Gasteiger partial charge in [0.15, 0.2) is 6.73 Å². The number of nitrogens with one attached hydrogen (secondary N) is 2. The summed E-state index contributed by atoms with van der Waals surface area (Å²) in [7, 11) is 0. The zero-order chi connectivity index (χ0) is 15.1. The monoisotopic (exact) mass is 286 g/mol. The van der Waals surface area contributed by atoms with Gasteiger partial charge < -0.3 is 10.1 Å². The van der Waals surface area contributed by atoms with Gasteiger partial charge >= 0.3 is 0 Å². The quantitative estimate of drug-likeness (QED) is 0.410. The van der Waals surface area contributed by atoms with E-state index in [0.29, 0.717) is 12.5 Å². The van der Waals surface area contributed by atoms with Crippen LogP contribution in [0.5, 0.6) is 0 Å². The molecule has 2 rings (SSSR count). The molecule has 21 heavy (non-hydrogen) atoms. The number of hydrogen-bond donors (Lipinski definition) is 2. The van der Waals surface area contributed by atoms with Gasteiger partial charge in [-0.05, 0) is 18.5 Å². The molecule has 1 aromatic rings. The Bertz CT molecular complexity index is 495. The lowest BCUT2D eigenvalue weighted by molar-refractivity contribution is -0.112. The third-order valence-electron chi connectivity index (χ3n) is 3.94. The molecule has 1 aliphatic rings. The summed E-state index contributed by atoms with van der Waals surface area (Å²) in [6.45, 7) is 3.89. The highest BCUT2D eigenvalue weighted by molar-refractivity contribution is 5.99. The second kappa shape index (κ2) is 7.82. The van der Waals surface area contributed by atoms with Crippen molar-refractivity contribution in [2.24, 2.45) is 11.8 Å². The van der Waals surface area contributed by atoms with Crippen LogP contribution < -0.4 is 10.6 Å². The lowest BCUT2D eigenvalue weighted by Gasteiger charge is -2.18. The summed E-state index contributed by atoms with van der Waals surface area (Å²) in [5, 5.41) is 6.62. The van der Waals surface area contributed by atoms with Crippen LogP contribution in [0.4, 0.5) is 0 Å². The average molecular weight is 286 g/mol. The first-order chi connectivity index (χ1) is 10.2. The Morgan fingerprint density at radius 3 is 2.71 bits per heavy atom. The highest BCUT2D eigenvalue weighted by Gasteiger charge is 2.49. The first-order valence-corrected chi connectivity index (χ1v) is 7.33. The summed E-state index contributed by atoms with van der Waals surface area (Å²) in [4.78, 5) is 11.7. The van der Waals surface area contributed by atoms with Crippen molar-refractivity contribution in [3.63, 3.8) is 0 Å². The Morgan fingerprint density at radius 1 is 1.38 bits per heavy atom. The van der Waals surface area contributed by atoms with Crippen molar-refractivity contribution in [1.29, 1.82) is 0 Å². The van der Waals surface area contributed by atoms with Gasteiger partial charge in [-0.15, -0.1) is 0 Å². The molecule has 1 aromatic carbocycles. The van der Waals surface area contributed by atoms with Crippen molar-refractivity contribution in [2.75, 3.05) is 13.3 Å². The van der Waals surface area contributed by atoms with Crippen molar-refractivity contribution in [2.45, 2.75) is 25.9 Å². The minimum Gasteiger partial charge on any atom is -0.431 e. The van der Waals surface area contributed by atoms with Gasteiger partial charge in [0.25, 0.3) is 0 Å². The summed E-state index contributed by atoms with van der Waals surface area (Å²) >= 11 is 0. The number of benzene rings is 1. The minimum absolute atomic E-state index is 0.143. The van der Waals surface area contributed by atoms with Crippen LogP contribution in [0.25, 0.3) is 0 Å². The Labute approximate surface area is 126 Å². The van der Waals surface area contributed by atoms with Gasteiger partial charge in [0.05, 0.1) is 0 Å². The number of ketones is 1. The molecule has 4 heteroatoms. The Morgan fingerprint density at radius 2 is 2.10 bits per heavy atom. The Hall–Kier alpha value is -1.83. The molecular weight excluding hydrogens is 264 g/mol. The van der Waals surface area contributed by atoms with E-state index in [1.165, 1.54) is 5.56 Å². The number of ether oxygens (including phenoxy) is 1. The highest BCUT2D eigenvalue weighted by atomic mass is 16.5. The summed E-state index contributed by atoms with van der Waals surface area (Å²) in [6.07, 6.45) is 8.00. The molecule has 0 aromatic heterocycles. The van der Waals surface area contributed by atoms with Crippen LogP contribution in [-0.2, 0) is 16.1 Å². The molecule has 0 bridgehead atoms. The van der Waals surface area contributed by atoms with Gasteiger partial charge in [0.2, 0.25) is 0 Å². The van der Waals surface area contributed by atoms with E-state index < -0.39 is 0 Å². The fourth-order valence-corrected chi connectivity index (χ4v) is 2.61. The molecule has 1 saturated carbocycles. The van der Waals surface area contributed by atoms with E-state index in [1.54, 1.807) is 0 Å². The van der Waals surface area contributed by atoms with Crippen LogP contribution in [0.3, 0.4) is 0 Å². The minimum atomic E-state index is 0.143. The maximum atomic E-state index is 11.7. The largest absolute Gasteiger partial charge is 0.431 e. The van der Waals surface area contributed by atoms with Crippen LogP contribution in [0.2, 0.25) is 0 Å². The summed E-state index contributed by atoms with van der Waals surface area (Å²) < 4.78 is 4.79. The molecule has 0 spiro atoms. The van der Waals surface area contributed by atoms with Crippen LogP contribution >= 0.6 is 0 Å². The fourth-order valence-electron chi connectivity index (χ4n) is 2.61. The molecule has 1 fully saturated rings. The van der Waals surface area contributed by atoms with E-state index in [-0.39, 0.29) is 17.9 Å². The summed E-state index contributed by atoms with van der Waals surface area (Å²) in [5.74, 6) is 0.685. The predicted octanol–water partition coefficient (Wildman–Crippen LogP) is 1.52. The molecular formula is C17H22N2O2. The number of carbonyl (C=O) groups excluding carboxylic acids is 1. The molecule has 112 valence electrons. The molecule has 1 unspecified atom stereocenters. The number of hydrogen-bond acceptors (Lipinski definition) is 4. The van der Waals surface area contributed by atoms with Crippen LogP contribution in [0.15, 0.2) is 30.3 Å². The SMILES string of the molecule is C#COCNCC[C@@H](NCc1ccccc1)C1C(=O)[C@H]1C. The van der Waals surface area contributed by atoms with E-state index in [2.05, 4.69) is 28.9 Å². The predicted molar refractivity (Wildman–Crippen MR) is 82.1 cm³/mol. The maximum Gasteiger partial charge on any atom is 0.151 e. The van der Waals surface area contributed by atoms with E-state index in [0.717, 1.165) is 19.5 Å². The lowest BCUT2D eigenvalue weighted by Crippen LogP contribution is -2.35. The van der Waals surface area contributed by atoms with Gasteiger partial charge in [-0.2, -0.15) is 0 Å². The van der Waals surface area contributed by atoms with Crippen molar-refractivity contribution >= 4 is 5.78 Å². The number of terminal acetylenes is 1. The van der Waals surface area contributed by atoms with Gasteiger partial charge in [0, 0.05) is 24.4 Å². The smallest absolute Gasteiger partial charge is 0.151 e. The summed E-state index contributed by atoms with van der Waals surface area (Å²) in [6, 6.07) is 10.4. The second-order valence-corrected chi connectivity index (χ2v) is 5.39. The molecule has 4 nitrogen and oxygen atoms in total. The normalized spacial score (nSPS) is 21.6. The zero-order valence-corrected chi connectivity index (χ0v) is 12.3. The molecule has 0 radical (unpaired) electrons. The first-order valence-electron chi connectivity index (χ1n) is 7.33. The van der Waals surface area contributed by atoms with Crippen molar-refractivity contribution in [1.82, 2.24) is 10.6 Å². The van der Waals surface area contributed by atoms with Crippen LogP contribution in [-0.4, -0.2) is 25.1 Å². The van der Waals surface area contributed by atoms with Crippen molar-refractivity contribution in [3.05, 3.63) is 35.9 Å². The maximum absolute atomic E-state index is 11.7. The fraction of sp³-hybridized carbons (Fsp3) is 0.471. The third-order valence-corrected chi connectivity index (χ3v) is 3.94. The van der Waals surface area contributed by atoms with Gasteiger partial charge in [-0.25, -0.2) is 0 Å². The van der Waals surface area contributed by atoms with Gasteiger partial charge in [-0.1, -0.05) is 43.7 Å². The van der Waals surface area contributed by atoms with E-state index in [4.69, 9.17) is 11.2 Å². The summed E-state index contributed by atoms with van der Waals surface area (Å²) in [5.41, 5.74) is 1.23. The van der Waals surface area contributed by atoms with Crippen molar-refractivity contribution < 1.29 is 9.53 Å². The van der Waals surface area contributed by atoms with E-state index in [1.807, 2.05) is 25.1 Å². The highest BCUT2D eigenvalue weighted by Crippen LogP contribution is 2.37. The van der Waals surface area contributed by atoms with Crippen LogP contribution in [0, 0.1) is 24.4 Å². The number of rotatable bonds is 9. The molecule has 1 aliphatic carbocycles. The molecule has 0 saturated heterocycles. The lowest BCUT2D eigenvalue weighted by atomic mass is 10.1. The molecule has 0 aliphatic heterocycles. The number of carbonyl (C=O) groups is 1. The van der Waals surface area contributed by atoms with E-state index in [9.17, 15) is 4.79 Å². The third kappa shape index (κ3) is 4.59. The molecule has 2 N–H and O–H groups in total.